The predicted molar refractivity (Wildman–Crippen MR) is 124 cm³/mol. The zero-order valence-corrected chi connectivity index (χ0v) is 17.6. The van der Waals surface area contributed by atoms with Gasteiger partial charge in [0.05, 0.1) is 30.5 Å². The Morgan fingerprint density at radius 2 is 1.88 bits per heavy atom. The normalized spacial score (nSPS) is 13.8. The molecule has 2 aromatic carbocycles. The van der Waals surface area contributed by atoms with Gasteiger partial charge < -0.3 is 20.3 Å². The van der Waals surface area contributed by atoms with Gasteiger partial charge in [0.15, 0.2) is 5.65 Å². The number of aromatic nitrogens is 4. The van der Waals surface area contributed by atoms with Crippen LogP contribution in [0, 0.1) is 0 Å². The van der Waals surface area contributed by atoms with Crippen LogP contribution >= 0.6 is 0 Å². The van der Waals surface area contributed by atoms with E-state index in [-0.39, 0.29) is 5.91 Å². The Bertz CT molecular complexity index is 1260. The number of hydrogen-bond donors (Lipinski definition) is 3. The average molecular weight is 429 g/mol. The van der Waals surface area contributed by atoms with E-state index in [2.05, 4.69) is 42.8 Å². The van der Waals surface area contributed by atoms with E-state index in [1.54, 1.807) is 6.20 Å². The van der Waals surface area contributed by atoms with E-state index in [1.807, 2.05) is 36.4 Å². The van der Waals surface area contributed by atoms with Crippen LogP contribution in [0.5, 0.6) is 0 Å². The minimum absolute atomic E-state index is 0.124. The molecule has 0 radical (unpaired) electrons. The lowest BCUT2D eigenvalue weighted by Crippen LogP contribution is -2.36. The molecule has 0 bridgehead atoms. The number of hydrogen-bond acceptors (Lipinski definition) is 7. The number of anilines is 4. The van der Waals surface area contributed by atoms with Crippen LogP contribution in [0.25, 0.3) is 22.3 Å². The predicted octanol–water partition coefficient (Wildman–Crippen LogP) is 3.56. The molecule has 9 heteroatoms. The van der Waals surface area contributed by atoms with E-state index in [0.29, 0.717) is 17.3 Å². The third-order valence-corrected chi connectivity index (χ3v) is 5.24. The van der Waals surface area contributed by atoms with Gasteiger partial charge in [-0.2, -0.15) is 10.1 Å². The van der Waals surface area contributed by atoms with Gasteiger partial charge >= 0.3 is 0 Å². The first kappa shape index (κ1) is 20.0. The minimum atomic E-state index is -0.124. The van der Waals surface area contributed by atoms with Crippen molar-refractivity contribution >= 4 is 40.0 Å². The fourth-order valence-corrected chi connectivity index (χ4v) is 3.79. The van der Waals surface area contributed by atoms with Gasteiger partial charge in [-0.1, -0.05) is 18.2 Å². The number of nitrogens with one attached hydrogen (secondary N) is 3. The average Bonchev–Trinajstić information content (AvgIpc) is 3.28. The maximum atomic E-state index is 11.5. The Kier molecular flexibility index (Phi) is 5.39. The number of carbonyl (C=O) groups is 1. The fraction of sp³-hybridized carbons (Fsp3) is 0.217. The van der Waals surface area contributed by atoms with E-state index >= 15 is 0 Å². The quantitative estimate of drug-likeness (QED) is 0.445. The van der Waals surface area contributed by atoms with Gasteiger partial charge in [-0.3, -0.25) is 9.89 Å². The summed E-state index contributed by atoms with van der Waals surface area (Å²) in [5.41, 5.74) is 4.94. The van der Waals surface area contributed by atoms with Crippen LogP contribution in [0.15, 0.2) is 54.7 Å². The molecule has 3 N–H and O–H groups in total. The van der Waals surface area contributed by atoms with Crippen molar-refractivity contribution in [3.05, 3.63) is 54.7 Å². The van der Waals surface area contributed by atoms with Crippen molar-refractivity contribution in [3.8, 4) is 11.3 Å². The van der Waals surface area contributed by atoms with Crippen LogP contribution in [-0.4, -0.2) is 52.4 Å². The molecule has 1 amide bonds. The molecule has 9 nitrogen and oxygen atoms in total. The molecule has 3 heterocycles. The van der Waals surface area contributed by atoms with E-state index < -0.39 is 0 Å². The van der Waals surface area contributed by atoms with Gasteiger partial charge in [0.2, 0.25) is 11.9 Å². The van der Waals surface area contributed by atoms with Crippen LogP contribution in [0.2, 0.25) is 0 Å². The van der Waals surface area contributed by atoms with Gasteiger partial charge in [-0.15, -0.1) is 0 Å². The van der Waals surface area contributed by atoms with Crippen LogP contribution in [-0.2, 0) is 9.53 Å². The summed E-state index contributed by atoms with van der Waals surface area (Å²) in [5, 5.41) is 14.0. The first-order valence-electron chi connectivity index (χ1n) is 10.4. The second-order valence-corrected chi connectivity index (χ2v) is 7.56. The van der Waals surface area contributed by atoms with Crippen molar-refractivity contribution in [1.29, 1.82) is 0 Å². The lowest BCUT2D eigenvalue weighted by atomic mass is 10.1. The highest BCUT2D eigenvalue weighted by molar-refractivity contribution is 5.93. The van der Waals surface area contributed by atoms with Gasteiger partial charge in [-0.25, -0.2) is 4.98 Å². The zero-order valence-electron chi connectivity index (χ0n) is 17.6. The second kappa shape index (κ2) is 8.64. The van der Waals surface area contributed by atoms with Crippen LogP contribution < -0.4 is 15.5 Å². The van der Waals surface area contributed by atoms with Gasteiger partial charge in [0.25, 0.3) is 0 Å². The first-order chi connectivity index (χ1) is 15.7. The number of ether oxygens (including phenoxy) is 1. The Morgan fingerprint density at radius 1 is 1.06 bits per heavy atom. The van der Waals surface area contributed by atoms with E-state index in [1.165, 1.54) is 6.92 Å². The van der Waals surface area contributed by atoms with Crippen molar-refractivity contribution in [2.24, 2.45) is 0 Å². The summed E-state index contributed by atoms with van der Waals surface area (Å²) in [6.45, 7) is 4.69. The molecule has 5 rings (SSSR count). The van der Waals surface area contributed by atoms with Crippen LogP contribution in [0.4, 0.5) is 23.0 Å². The summed E-state index contributed by atoms with van der Waals surface area (Å²) in [4.78, 5) is 23.1. The highest BCUT2D eigenvalue weighted by atomic mass is 16.5. The summed E-state index contributed by atoms with van der Waals surface area (Å²) in [6.07, 6.45) is 1.71. The maximum absolute atomic E-state index is 11.5. The van der Waals surface area contributed by atoms with Gasteiger partial charge in [0, 0.05) is 42.6 Å². The largest absolute Gasteiger partial charge is 0.378 e. The number of aromatic amines is 1. The monoisotopic (exact) mass is 429 g/mol. The molecule has 1 aliphatic heterocycles. The number of fused-ring (bicyclic) bond motifs is 1. The van der Waals surface area contributed by atoms with E-state index in [4.69, 9.17) is 9.72 Å². The number of benzene rings is 2. The molecule has 1 saturated heterocycles. The maximum Gasteiger partial charge on any atom is 0.229 e. The molecule has 1 aliphatic rings. The fourth-order valence-electron chi connectivity index (χ4n) is 3.79. The highest BCUT2D eigenvalue weighted by Crippen LogP contribution is 2.29. The number of H-pyrrole nitrogens is 1. The smallest absolute Gasteiger partial charge is 0.229 e. The highest BCUT2D eigenvalue weighted by Gasteiger charge is 2.14. The van der Waals surface area contributed by atoms with Gasteiger partial charge in [-0.05, 0) is 30.3 Å². The lowest BCUT2D eigenvalue weighted by Gasteiger charge is -2.29. The minimum Gasteiger partial charge on any atom is -0.378 e. The van der Waals surface area contributed by atoms with E-state index in [9.17, 15) is 4.79 Å². The molecule has 4 aromatic rings. The Labute approximate surface area is 184 Å². The van der Waals surface area contributed by atoms with Crippen molar-refractivity contribution in [2.45, 2.75) is 6.92 Å². The number of carbonyl (C=O) groups excluding carboxylic acids is 1. The standard InChI is InChI=1S/C23H23N7O2/c1-15(31)25-17-5-2-4-16(12-17)21-20-14-24-29-22(20)28-23(27-21)26-18-6-3-7-19(13-18)30-8-10-32-11-9-30/h2-7,12-14H,8-11H2,1H3,(H,25,31)(H2,24,26,27,28,29). The third kappa shape index (κ3) is 4.23. The number of morpholine rings is 1. The lowest BCUT2D eigenvalue weighted by molar-refractivity contribution is -0.114. The molecule has 0 saturated carbocycles. The second-order valence-electron chi connectivity index (χ2n) is 7.56. The van der Waals surface area contributed by atoms with Crippen LogP contribution in [0.3, 0.4) is 0 Å². The Balaban J connectivity index is 1.48. The number of amides is 1. The number of nitrogens with zero attached hydrogens (tertiary/aromatic N) is 4. The summed E-state index contributed by atoms with van der Waals surface area (Å²) in [5.74, 6) is 0.335. The molecule has 162 valence electrons. The van der Waals surface area contributed by atoms with Crippen molar-refractivity contribution in [1.82, 2.24) is 20.2 Å². The topological polar surface area (TPSA) is 108 Å². The molecule has 32 heavy (non-hydrogen) atoms. The SMILES string of the molecule is CC(=O)Nc1cccc(-c2nc(Nc3cccc(N4CCOCC4)c3)nc3[nH]ncc23)c1. The van der Waals surface area contributed by atoms with Crippen molar-refractivity contribution in [2.75, 3.05) is 41.8 Å². The molecule has 1 fully saturated rings. The molecular weight excluding hydrogens is 406 g/mol. The molecule has 0 spiro atoms. The summed E-state index contributed by atoms with van der Waals surface area (Å²) < 4.78 is 5.46. The first-order valence-corrected chi connectivity index (χ1v) is 10.4. The number of rotatable bonds is 5. The molecule has 0 atom stereocenters. The van der Waals surface area contributed by atoms with Gasteiger partial charge in [0.1, 0.15) is 0 Å². The molecule has 0 aliphatic carbocycles. The molecular formula is C23H23N7O2. The summed E-state index contributed by atoms with van der Waals surface area (Å²) in [6, 6.07) is 15.7. The molecule has 0 unspecified atom stereocenters. The van der Waals surface area contributed by atoms with Crippen molar-refractivity contribution in [3.63, 3.8) is 0 Å². The Hall–Kier alpha value is -3.98. The van der Waals surface area contributed by atoms with E-state index in [0.717, 1.165) is 54.3 Å². The summed E-state index contributed by atoms with van der Waals surface area (Å²) in [7, 11) is 0. The van der Waals surface area contributed by atoms with Crippen molar-refractivity contribution < 1.29 is 9.53 Å². The Morgan fingerprint density at radius 3 is 2.72 bits per heavy atom. The third-order valence-electron chi connectivity index (χ3n) is 5.24. The van der Waals surface area contributed by atoms with Crippen LogP contribution in [0.1, 0.15) is 6.92 Å². The molecule has 2 aromatic heterocycles. The zero-order chi connectivity index (χ0) is 21.9. The summed E-state index contributed by atoms with van der Waals surface area (Å²) >= 11 is 0.